The number of rotatable bonds is 9. The summed E-state index contributed by atoms with van der Waals surface area (Å²) in [6.45, 7) is 6.12. The van der Waals surface area contributed by atoms with E-state index in [0.717, 1.165) is 48.0 Å². The van der Waals surface area contributed by atoms with E-state index in [0.29, 0.717) is 30.0 Å². The maximum absolute atomic E-state index is 13.2. The van der Waals surface area contributed by atoms with Gasteiger partial charge in [-0.2, -0.15) is 0 Å². The number of para-hydroxylation sites is 1. The third-order valence-corrected chi connectivity index (χ3v) is 7.71. The minimum atomic E-state index is -0.445. The highest BCUT2D eigenvalue weighted by atomic mass is 16.5. The number of aromatic nitrogens is 1. The molecule has 8 nitrogen and oxygen atoms in total. The average molecular weight is 515 g/mol. The second-order valence-corrected chi connectivity index (χ2v) is 10.1. The predicted molar refractivity (Wildman–Crippen MR) is 147 cm³/mol. The second-order valence-electron chi connectivity index (χ2n) is 10.1. The maximum Gasteiger partial charge on any atom is 0.257 e. The summed E-state index contributed by atoms with van der Waals surface area (Å²) in [5, 5.41) is 14.1. The SMILES string of the molecule is CC1=CC(C(=O)c2ccccc2O)=CN2CCc3c([nH]c4ccc(OCC(=O)NCCCCN)cc34)C12C. The van der Waals surface area contributed by atoms with E-state index in [1.54, 1.807) is 18.2 Å². The van der Waals surface area contributed by atoms with Crippen molar-refractivity contribution < 1.29 is 19.4 Å². The number of phenols is 1. The van der Waals surface area contributed by atoms with Gasteiger partial charge in [0.1, 0.15) is 11.5 Å². The summed E-state index contributed by atoms with van der Waals surface area (Å²) in [6.07, 6.45) is 6.36. The molecule has 2 aliphatic heterocycles. The molecule has 8 heteroatoms. The Morgan fingerprint density at radius 1 is 1.21 bits per heavy atom. The molecule has 38 heavy (non-hydrogen) atoms. The topological polar surface area (TPSA) is 121 Å². The molecule has 2 aliphatic rings. The molecule has 3 heterocycles. The highest BCUT2D eigenvalue weighted by molar-refractivity contribution is 6.12. The Kier molecular flexibility index (Phi) is 6.99. The van der Waals surface area contributed by atoms with Crippen molar-refractivity contribution in [3.8, 4) is 11.5 Å². The minimum absolute atomic E-state index is 0.0172. The van der Waals surface area contributed by atoms with Crippen LogP contribution >= 0.6 is 0 Å². The summed E-state index contributed by atoms with van der Waals surface area (Å²) in [5.41, 5.74) is 10.2. The van der Waals surface area contributed by atoms with Crippen LogP contribution in [0.15, 0.2) is 65.9 Å². The Labute approximate surface area is 222 Å². The number of aromatic hydroxyl groups is 1. The number of H-pyrrole nitrogens is 1. The first-order valence-corrected chi connectivity index (χ1v) is 13.1. The number of carbonyl (C=O) groups is 2. The minimum Gasteiger partial charge on any atom is -0.507 e. The van der Waals surface area contributed by atoms with Crippen molar-refractivity contribution in [1.29, 1.82) is 0 Å². The second kappa shape index (κ2) is 10.4. The van der Waals surface area contributed by atoms with Gasteiger partial charge in [-0.15, -0.1) is 0 Å². The number of nitrogens with one attached hydrogen (secondary N) is 2. The van der Waals surface area contributed by atoms with Gasteiger partial charge in [0, 0.05) is 41.5 Å². The van der Waals surface area contributed by atoms with Gasteiger partial charge in [0.15, 0.2) is 12.4 Å². The number of allylic oxidation sites excluding steroid dienone is 2. The molecule has 1 unspecified atom stereocenters. The summed E-state index contributed by atoms with van der Waals surface area (Å²) in [6, 6.07) is 12.5. The molecule has 1 atom stereocenters. The predicted octanol–water partition coefficient (Wildman–Crippen LogP) is 3.91. The van der Waals surface area contributed by atoms with Crippen LogP contribution in [0.1, 0.15) is 48.3 Å². The number of hydrogen-bond donors (Lipinski definition) is 4. The molecule has 1 aromatic heterocycles. The highest BCUT2D eigenvalue weighted by Gasteiger charge is 2.43. The van der Waals surface area contributed by atoms with E-state index in [1.807, 2.05) is 37.4 Å². The van der Waals surface area contributed by atoms with Crippen LogP contribution in [0.3, 0.4) is 0 Å². The number of aromatic amines is 1. The Hall–Kier alpha value is -4.04. The van der Waals surface area contributed by atoms with E-state index < -0.39 is 5.54 Å². The lowest BCUT2D eigenvalue weighted by Gasteiger charge is -2.47. The monoisotopic (exact) mass is 514 g/mol. The van der Waals surface area contributed by atoms with E-state index >= 15 is 0 Å². The summed E-state index contributed by atoms with van der Waals surface area (Å²) >= 11 is 0. The van der Waals surface area contributed by atoms with Crippen molar-refractivity contribution >= 4 is 22.6 Å². The van der Waals surface area contributed by atoms with Crippen molar-refractivity contribution in [3.63, 3.8) is 0 Å². The van der Waals surface area contributed by atoms with Crippen molar-refractivity contribution in [2.75, 3.05) is 26.2 Å². The van der Waals surface area contributed by atoms with Crippen LogP contribution in [0.5, 0.6) is 11.5 Å². The number of carbonyl (C=O) groups excluding carboxylic acids is 2. The summed E-state index contributed by atoms with van der Waals surface area (Å²) < 4.78 is 5.80. The lowest BCUT2D eigenvalue weighted by Crippen LogP contribution is -2.48. The van der Waals surface area contributed by atoms with Gasteiger partial charge in [0.25, 0.3) is 5.91 Å². The van der Waals surface area contributed by atoms with Gasteiger partial charge in [0.2, 0.25) is 0 Å². The van der Waals surface area contributed by atoms with E-state index in [9.17, 15) is 14.7 Å². The summed E-state index contributed by atoms with van der Waals surface area (Å²) in [5.74, 6) is 0.286. The molecule has 198 valence electrons. The van der Waals surface area contributed by atoms with Gasteiger partial charge in [-0.3, -0.25) is 9.59 Å². The molecule has 5 rings (SSSR count). The number of Topliss-reactive ketones (excluding diaryl/α,β-unsaturated/α-hetero) is 1. The largest absolute Gasteiger partial charge is 0.507 e. The molecule has 0 aliphatic carbocycles. The van der Waals surface area contributed by atoms with Gasteiger partial charge in [-0.05, 0) is 87.2 Å². The zero-order valence-corrected chi connectivity index (χ0v) is 21.8. The Bertz CT molecular complexity index is 1450. The molecule has 3 aromatic rings. The summed E-state index contributed by atoms with van der Waals surface area (Å²) in [4.78, 5) is 31.2. The molecular formula is C30H34N4O4. The molecule has 2 aromatic carbocycles. The van der Waals surface area contributed by atoms with Crippen LogP contribution in [-0.4, -0.2) is 52.9 Å². The molecule has 1 amide bonds. The van der Waals surface area contributed by atoms with Crippen molar-refractivity contribution in [2.45, 2.75) is 38.6 Å². The number of fused-ring (bicyclic) bond motifs is 5. The fraction of sp³-hybridized carbons (Fsp3) is 0.333. The van der Waals surface area contributed by atoms with Crippen LogP contribution in [0.25, 0.3) is 10.9 Å². The first-order chi connectivity index (χ1) is 18.3. The van der Waals surface area contributed by atoms with E-state index in [-0.39, 0.29) is 24.0 Å². The molecule has 0 spiro atoms. The van der Waals surface area contributed by atoms with Crippen molar-refractivity contribution in [1.82, 2.24) is 15.2 Å². The van der Waals surface area contributed by atoms with Crippen molar-refractivity contribution in [2.24, 2.45) is 5.73 Å². The number of nitrogens with two attached hydrogens (primary N) is 1. The number of benzene rings is 2. The van der Waals surface area contributed by atoms with Gasteiger partial charge < -0.3 is 30.8 Å². The smallest absolute Gasteiger partial charge is 0.257 e. The standard InChI is InChI=1S/C30H34N4O4/c1-19-15-20(28(37)23-7-3-4-8-26(23)35)17-34-14-11-22-24-16-21(38-18-27(36)32-13-6-5-12-31)9-10-25(24)33-29(22)30(19,34)2/h3-4,7-10,15-17,33,35H,5-6,11-14,18,31H2,1-2H3,(H,32,36). The summed E-state index contributed by atoms with van der Waals surface area (Å²) in [7, 11) is 0. The molecule has 5 N–H and O–H groups in total. The van der Waals surface area contributed by atoms with E-state index in [4.69, 9.17) is 10.5 Å². The normalized spacial score (nSPS) is 18.3. The third-order valence-electron chi connectivity index (χ3n) is 7.71. The van der Waals surface area contributed by atoms with Crippen LogP contribution in [-0.2, 0) is 16.8 Å². The maximum atomic E-state index is 13.2. The average Bonchev–Trinajstić information content (AvgIpc) is 3.29. The molecule has 0 saturated carbocycles. The van der Waals surface area contributed by atoms with E-state index in [2.05, 4.69) is 22.1 Å². The van der Waals surface area contributed by atoms with Gasteiger partial charge in [-0.25, -0.2) is 0 Å². The quantitative estimate of drug-likeness (QED) is 0.254. The molecular weight excluding hydrogens is 480 g/mol. The fourth-order valence-corrected chi connectivity index (χ4v) is 5.43. The zero-order valence-electron chi connectivity index (χ0n) is 21.8. The van der Waals surface area contributed by atoms with E-state index in [1.165, 1.54) is 11.6 Å². The van der Waals surface area contributed by atoms with Crippen LogP contribution < -0.4 is 15.8 Å². The number of phenolic OH excluding ortho intramolecular Hbond substituents is 1. The Morgan fingerprint density at radius 2 is 2.03 bits per heavy atom. The number of amides is 1. The first-order valence-electron chi connectivity index (χ1n) is 13.1. The van der Waals surface area contributed by atoms with Crippen LogP contribution in [0.4, 0.5) is 0 Å². The van der Waals surface area contributed by atoms with Gasteiger partial charge >= 0.3 is 0 Å². The van der Waals surface area contributed by atoms with Gasteiger partial charge in [0.05, 0.1) is 11.1 Å². The Morgan fingerprint density at radius 3 is 2.82 bits per heavy atom. The lowest BCUT2D eigenvalue weighted by atomic mass is 9.78. The lowest BCUT2D eigenvalue weighted by molar-refractivity contribution is -0.123. The number of hydrogen-bond acceptors (Lipinski definition) is 6. The molecule has 0 bridgehead atoms. The highest BCUT2D eigenvalue weighted by Crippen LogP contribution is 2.46. The molecule has 0 saturated heterocycles. The number of ether oxygens (including phenoxy) is 1. The van der Waals surface area contributed by atoms with Crippen molar-refractivity contribution in [3.05, 3.63) is 82.7 Å². The first kappa shape index (κ1) is 25.6. The molecule has 0 fully saturated rings. The van der Waals surface area contributed by atoms with Crippen LogP contribution in [0.2, 0.25) is 0 Å². The number of ketones is 1. The Balaban J connectivity index is 1.37. The van der Waals surface area contributed by atoms with Crippen LogP contribution in [0, 0.1) is 0 Å². The zero-order chi connectivity index (χ0) is 26.9. The fourth-order valence-electron chi connectivity index (χ4n) is 5.43. The number of unbranched alkanes of at least 4 members (excludes halogenated alkanes) is 1. The number of nitrogens with zero attached hydrogens (tertiary/aromatic N) is 1. The van der Waals surface area contributed by atoms with Gasteiger partial charge in [-0.1, -0.05) is 12.1 Å². The third kappa shape index (κ3) is 4.56. The molecule has 0 radical (unpaired) electrons.